The summed E-state index contributed by atoms with van der Waals surface area (Å²) in [5.41, 5.74) is -0.468. The first-order valence-corrected chi connectivity index (χ1v) is 7.56. The Morgan fingerprint density at radius 1 is 1.68 bits per heavy atom. The van der Waals surface area contributed by atoms with Crippen LogP contribution in [-0.4, -0.2) is 44.8 Å². The van der Waals surface area contributed by atoms with Crippen LogP contribution in [0.15, 0.2) is 10.3 Å². The maximum atomic E-state index is 11.8. The number of ether oxygens (including phenoxy) is 1. The predicted molar refractivity (Wildman–Crippen MR) is 69.1 cm³/mol. The maximum absolute atomic E-state index is 11.8. The van der Waals surface area contributed by atoms with E-state index >= 15 is 0 Å². The highest BCUT2D eigenvalue weighted by Crippen LogP contribution is 2.35. The third-order valence-electron chi connectivity index (χ3n) is 1.98. The number of hydrogen-bond acceptors (Lipinski definition) is 7. The molecule has 0 aliphatic heterocycles. The number of nitrogens with one attached hydrogen (secondary N) is 1. The number of thiophene rings is 1. The van der Waals surface area contributed by atoms with E-state index in [-0.39, 0.29) is 21.7 Å². The van der Waals surface area contributed by atoms with Crippen LogP contribution < -0.4 is 4.72 Å². The fourth-order valence-electron chi connectivity index (χ4n) is 1.12. The first kappa shape index (κ1) is 16.3. The summed E-state index contributed by atoms with van der Waals surface area (Å²) < 4.78 is 29.8. The molecule has 0 saturated heterocycles. The standard InChI is InChI=1S/C8H11ClN2O6S2/c1-17-4-5(12)3-10-19(15,16)7-2-6(11(13)14)8(9)18-7/h2,5,10,12H,3-4H2,1H3. The molecule has 1 heterocycles. The van der Waals surface area contributed by atoms with E-state index in [2.05, 4.69) is 9.46 Å². The summed E-state index contributed by atoms with van der Waals surface area (Å²) in [7, 11) is -2.58. The molecule has 0 spiro atoms. The fraction of sp³-hybridized carbons (Fsp3) is 0.500. The van der Waals surface area contributed by atoms with Crippen LogP contribution >= 0.6 is 22.9 Å². The van der Waals surface area contributed by atoms with Gasteiger partial charge in [0.2, 0.25) is 10.0 Å². The molecule has 8 nitrogen and oxygen atoms in total. The van der Waals surface area contributed by atoms with E-state index in [0.29, 0.717) is 11.3 Å². The summed E-state index contributed by atoms with van der Waals surface area (Å²) in [6.07, 6.45) is -1.01. The molecule has 19 heavy (non-hydrogen) atoms. The number of sulfonamides is 1. The van der Waals surface area contributed by atoms with Crippen molar-refractivity contribution in [3.63, 3.8) is 0 Å². The van der Waals surface area contributed by atoms with Gasteiger partial charge in [0.1, 0.15) is 4.21 Å². The molecule has 11 heteroatoms. The van der Waals surface area contributed by atoms with Crippen molar-refractivity contribution in [2.75, 3.05) is 20.3 Å². The minimum absolute atomic E-state index is 0.0339. The molecule has 1 atom stereocenters. The van der Waals surface area contributed by atoms with Crippen LogP contribution in [0.2, 0.25) is 4.34 Å². The van der Waals surface area contributed by atoms with Gasteiger partial charge in [0.15, 0.2) is 4.34 Å². The number of nitro groups is 1. The molecule has 0 aromatic carbocycles. The van der Waals surface area contributed by atoms with E-state index < -0.39 is 26.7 Å². The van der Waals surface area contributed by atoms with Crippen molar-refractivity contribution in [2.24, 2.45) is 0 Å². The van der Waals surface area contributed by atoms with Crippen LogP contribution in [0.25, 0.3) is 0 Å². The highest BCUT2D eigenvalue weighted by molar-refractivity contribution is 7.91. The molecule has 0 fully saturated rings. The second kappa shape index (κ2) is 6.59. The second-order valence-corrected chi connectivity index (χ2v) is 7.09. The monoisotopic (exact) mass is 330 g/mol. The number of nitrogens with zero attached hydrogens (tertiary/aromatic N) is 1. The van der Waals surface area contributed by atoms with Crippen molar-refractivity contribution in [3.05, 3.63) is 20.5 Å². The molecule has 0 aliphatic carbocycles. The zero-order valence-electron chi connectivity index (χ0n) is 9.70. The second-order valence-electron chi connectivity index (χ2n) is 3.44. The molecule has 2 N–H and O–H groups in total. The Kier molecular flexibility index (Phi) is 5.64. The topological polar surface area (TPSA) is 119 Å². The van der Waals surface area contributed by atoms with E-state index in [9.17, 15) is 23.6 Å². The zero-order valence-corrected chi connectivity index (χ0v) is 12.1. The van der Waals surface area contributed by atoms with Crippen molar-refractivity contribution >= 4 is 38.6 Å². The average Bonchev–Trinajstić information content (AvgIpc) is 2.70. The molecule has 0 radical (unpaired) electrons. The fourth-order valence-corrected chi connectivity index (χ4v) is 3.91. The van der Waals surface area contributed by atoms with Crippen LogP contribution in [0.4, 0.5) is 5.69 Å². The van der Waals surface area contributed by atoms with Crippen molar-refractivity contribution < 1.29 is 23.2 Å². The average molecular weight is 331 g/mol. The van der Waals surface area contributed by atoms with Gasteiger partial charge in [-0.3, -0.25) is 10.1 Å². The zero-order chi connectivity index (χ0) is 14.6. The lowest BCUT2D eigenvalue weighted by molar-refractivity contribution is -0.384. The van der Waals surface area contributed by atoms with E-state index in [0.717, 1.165) is 6.07 Å². The Labute approximate surface area is 118 Å². The quantitative estimate of drug-likeness (QED) is 0.558. The normalized spacial score (nSPS) is 13.4. The molecule has 0 bridgehead atoms. The minimum Gasteiger partial charge on any atom is -0.389 e. The molecular weight excluding hydrogens is 320 g/mol. The number of aliphatic hydroxyl groups excluding tert-OH is 1. The van der Waals surface area contributed by atoms with Gasteiger partial charge in [-0.05, 0) is 0 Å². The lowest BCUT2D eigenvalue weighted by atomic mass is 10.4. The Bertz CT molecular complexity index is 558. The molecule has 1 rings (SSSR count). The maximum Gasteiger partial charge on any atom is 0.300 e. The summed E-state index contributed by atoms with van der Waals surface area (Å²) in [5.74, 6) is 0. The number of aliphatic hydroxyl groups is 1. The van der Waals surface area contributed by atoms with Crippen molar-refractivity contribution in [1.82, 2.24) is 4.72 Å². The Balaban J connectivity index is 2.83. The Morgan fingerprint density at radius 3 is 2.79 bits per heavy atom. The molecule has 0 aliphatic rings. The van der Waals surface area contributed by atoms with Gasteiger partial charge in [-0.25, -0.2) is 13.1 Å². The molecule has 1 unspecified atom stereocenters. The van der Waals surface area contributed by atoms with E-state index in [1.165, 1.54) is 7.11 Å². The van der Waals surface area contributed by atoms with Gasteiger partial charge in [0.25, 0.3) is 5.69 Å². The van der Waals surface area contributed by atoms with Gasteiger partial charge in [-0.15, -0.1) is 11.3 Å². The number of rotatable bonds is 7. The van der Waals surface area contributed by atoms with Crippen LogP contribution in [-0.2, 0) is 14.8 Å². The number of methoxy groups -OCH3 is 1. The summed E-state index contributed by atoms with van der Waals surface area (Å²) in [6, 6.07) is 0.873. The Hall–Kier alpha value is -0.780. The molecule has 108 valence electrons. The lowest BCUT2D eigenvalue weighted by Crippen LogP contribution is -2.34. The van der Waals surface area contributed by atoms with Gasteiger partial charge in [0, 0.05) is 19.7 Å². The first-order valence-electron chi connectivity index (χ1n) is 4.88. The van der Waals surface area contributed by atoms with Crippen molar-refractivity contribution in [3.8, 4) is 0 Å². The largest absolute Gasteiger partial charge is 0.389 e. The molecule has 1 aromatic heterocycles. The third kappa shape index (κ3) is 4.37. The summed E-state index contributed by atoms with van der Waals surface area (Å²) in [5, 5.41) is 19.9. The lowest BCUT2D eigenvalue weighted by Gasteiger charge is -2.09. The van der Waals surface area contributed by atoms with Gasteiger partial charge in [-0.2, -0.15) is 0 Å². The van der Waals surface area contributed by atoms with E-state index in [4.69, 9.17) is 11.6 Å². The molecular formula is C8H11ClN2O6S2. The van der Waals surface area contributed by atoms with Gasteiger partial charge in [-0.1, -0.05) is 11.6 Å². The first-order chi connectivity index (χ1) is 8.77. The Morgan fingerprint density at radius 2 is 2.32 bits per heavy atom. The summed E-state index contributed by atoms with van der Waals surface area (Å²) in [4.78, 5) is 9.80. The van der Waals surface area contributed by atoms with Gasteiger partial charge >= 0.3 is 0 Å². The predicted octanol–water partition coefficient (Wildman–Crippen LogP) is 0.595. The molecule has 1 aromatic rings. The number of hydrogen-bond donors (Lipinski definition) is 2. The molecule has 0 saturated carbocycles. The highest BCUT2D eigenvalue weighted by atomic mass is 35.5. The third-order valence-corrected chi connectivity index (χ3v) is 5.21. The van der Waals surface area contributed by atoms with Crippen molar-refractivity contribution in [1.29, 1.82) is 0 Å². The SMILES string of the molecule is COCC(O)CNS(=O)(=O)c1cc([N+](=O)[O-])c(Cl)s1. The minimum atomic E-state index is -3.94. The van der Waals surface area contributed by atoms with Crippen molar-refractivity contribution in [2.45, 2.75) is 10.3 Å². The summed E-state index contributed by atoms with van der Waals surface area (Å²) in [6.45, 7) is -0.298. The highest BCUT2D eigenvalue weighted by Gasteiger charge is 2.25. The van der Waals surface area contributed by atoms with Crippen LogP contribution in [0.5, 0.6) is 0 Å². The van der Waals surface area contributed by atoms with Crippen LogP contribution in [0, 0.1) is 10.1 Å². The number of halogens is 1. The molecule has 0 amide bonds. The smallest absolute Gasteiger partial charge is 0.300 e. The van der Waals surface area contributed by atoms with E-state index in [1.54, 1.807) is 0 Å². The van der Waals surface area contributed by atoms with Gasteiger partial charge in [0.05, 0.1) is 17.6 Å². The van der Waals surface area contributed by atoms with E-state index in [1.807, 2.05) is 0 Å². The summed E-state index contributed by atoms with van der Waals surface area (Å²) >= 11 is 6.15. The van der Waals surface area contributed by atoms with Crippen LogP contribution in [0.3, 0.4) is 0 Å². The van der Waals surface area contributed by atoms with Gasteiger partial charge < -0.3 is 9.84 Å². The van der Waals surface area contributed by atoms with Crippen LogP contribution in [0.1, 0.15) is 0 Å².